The van der Waals surface area contributed by atoms with Gasteiger partial charge in [-0.25, -0.2) is 4.39 Å². The second-order valence-electron chi connectivity index (χ2n) is 4.75. The van der Waals surface area contributed by atoms with E-state index in [9.17, 15) is 4.39 Å². The fourth-order valence-electron chi connectivity index (χ4n) is 1.82. The Balaban J connectivity index is 1.90. The zero-order chi connectivity index (χ0) is 14.5. The molecule has 2 aromatic rings. The van der Waals surface area contributed by atoms with Crippen molar-refractivity contribution in [1.29, 1.82) is 0 Å². The smallest absolute Gasteiger partial charge is 0.171 e. The number of aryl methyl sites for hydroxylation is 2. The quantitative estimate of drug-likeness (QED) is 0.837. The number of thiocarbonyl (C=S) groups is 1. The zero-order valence-electron chi connectivity index (χ0n) is 11.5. The fourth-order valence-corrected chi connectivity index (χ4v) is 2.00. The van der Waals surface area contributed by atoms with Crippen LogP contribution in [0.4, 0.5) is 10.1 Å². The highest BCUT2D eigenvalue weighted by molar-refractivity contribution is 7.80. The SMILES string of the molecule is Cc1ccc(CNC(=S)Nc2ccc(F)cc2C)cc1. The van der Waals surface area contributed by atoms with Crippen molar-refractivity contribution in [3.8, 4) is 0 Å². The fraction of sp³-hybridized carbons (Fsp3) is 0.188. The molecule has 0 aliphatic carbocycles. The first-order valence-corrected chi connectivity index (χ1v) is 6.82. The lowest BCUT2D eigenvalue weighted by Crippen LogP contribution is -2.28. The van der Waals surface area contributed by atoms with Crippen LogP contribution in [0.25, 0.3) is 0 Å². The van der Waals surface area contributed by atoms with Crippen molar-refractivity contribution in [1.82, 2.24) is 5.32 Å². The molecule has 0 saturated carbocycles. The van der Waals surface area contributed by atoms with Crippen LogP contribution in [-0.2, 0) is 6.54 Å². The summed E-state index contributed by atoms with van der Waals surface area (Å²) in [5.41, 5.74) is 4.03. The van der Waals surface area contributed by atoms with Gasteiger partial charge in [0.15, 0.2) is 5.11 Å². The number of anilines is 1. The van der Waals surface area contributed by atoms with Gasteiger partial charge < -0.3 is 10.6 Å². The molecule has 0 aliphatic rings. The Hall–Kier alpha value is -1.94. The Morgan fingerprint density at radius 3 is 2.45 bits per heavy atom. The molecule has 0 bridgehead atoms. The molecule has 0 aromatic heterocycles. The van der Waals surface area contributed by atoms with Gasteiger partial charge >= 0.3 is 0 Å². The van der Waals surface area contributed by atoms with E-state index in [1.54, 1.807) is 6.07 Å². The molecule has 0 saturated heterocycles. The van der Waals surface area contributed by atoms with Gasteiger partial charge in [-0.15, -0.1) is 0 Å². The Morgan fingerprint density at radius 1 is 1.10 bits per heavy atom. The van der Waals surface area contributed by atoms with Gasteiger partial charge in [0.25, 0.3) is 0 Å². The van der Waals surface area contributed by atoms with Crippen molar-refractivity contribution in [3.63, 3.8) is 0 Å². The Morgan fingerprint density at radius 2 is 1.80 bits per heavy atom. The number of benzene rings is 2. The molecule has 2 rings (SSSR count). The average Bonchev–Trinajstić information content (AvgIpc) is 2.41. The molecule has 2 N–H and O–H groups in total. The molecule has 2 aromatic carbocycles. The van der Waals surface area contributed by atoms with Crippen LogP contribution in [0.5, 0.6) is 0 Å². The lowest BCUT2D eigenvalue weighted by Gasteiger charge is -2.12. The highest BCUT2D eigenvalue weighted by atomic mass is 32.1. The van der Waals surface area contributed by atoms with E-state index in [1.807, 2.05) is 6.92 Å². The van der Waals surface area contributed by atoms with Gasteiger partial charge in [-0.05, 0) is 55.4 Å². The highest BCUT2D eigenvalue weighted by Gasteiger charge is 2.02. The summed E-state index contributed by atoms with van der Waals surface area (Å²) in [5.74, 6) is -0.244. The number of hydrogen-bond acceptors (Lipinski definition) is 1. The van der Waals surface area contributed by atoms with Gasteiger partial charge in [-0.3, -0.25) is 0 Å². The first kappa shape index (κ1) is 14.5. The van der Waals surface area contributed by atoms with Crippen molar-refractivity contribution >= 4 is 23.0 Å². The summed E-state index contributed by atoms with van der Waals surface area (Å²) in [6, 6.07) is 12.8. The molecule has 0 atom stereocenters. The van der Waals surface area contributed by atoms with Gasteiger partial charge in [0, 0.05) is 12.2 Å². The van der Waals surface area contributed by atoms with E-state index < -0.39 is 0 Å². The largest absolute Gasteiger partial charge is 0.358 e. The molecule has 4 heteroatoms. The van der Waals surface area contributed by atoms with Gasteiger partial charge in [0.1, 0.15) is 5.82 Å². The molecule has 0 radical (unpaired) electrons. The lowest BCUT2D eigenvalue weighted by atomic mass is 10.1. The first-order chi connectivity index (χ1) is 9.54. The Kier molecular flexibility index (Phi) is 4.69. The first-order valence-electron chi connectivity index (χ1n) is 6.41. The predicted octanol–water partition coefficient (Wildman–Crippen LogP) is 3.93. The number of rotatable bonds is 3. The molecule has 0 heterocycles. The van der Waals surface area contributed by atoms with Crippen molar-refractivity contribution in [2.45, 2.75) is 20.4 Å². The molecule has 0 amide bonds. The highest BCUT2D eigenvalue weighted by Crippen LogP contribution is 2.15. The molecule has 0 unspecified atom stereocenters. The van der Waals surface area contributed by atoms with Crippen molar-refractivity contribution in [3.05, 3.63) is 65.0 Å². The van der Waals surface area contributed by atoms with E-state index in [2.05, 4.69) is 41.8 Å². The van der Waals surface area contributed by atoms with Crippen LogP contribution in [0.3, 0.4) is 0 Å². The van der Waals surface area contributed by atoms with Crippen LogP contribution >= 0.6 is 12.2 Å². The molecule has 20 heavy (non-hydrogen) atoms. The maximum Gasteiger partial charge on any atom is 0.171 e. The maximum absolute atomic E-state index is 13.0. The van der Waals surface area contributed by atoms with Crippen LogP contribution in [0, 0.1) is 19.7 Å². The van der Waals surface area contributed by atoms with Crippen LogP contribution in [0.1, 0.15) is 16.7 Å². The minimum Gasteiger partial charge on any atom is -0.358 e. The van der Waals surface area contributed by atoms with Gasteiger partial charge in [0.05, 0.1) is 0 Å². The van der Waals surface area contributed by atoms with Gasteiger partial charge in [-0.2, -0.15) is 0 Å². The summed E-state index contributed by atoms with van der Waals surface area (Å²) in [7, 11) is 0. The maximum atomic E-state index is 13.0. The summed E-state index contributed by atoms with van der Waals surface area (Å²) in [6.07, 6.45) is 0. The van der Waals surface area contributed by atoms with Crippen molar-refractivity contribution in [2.75, 3.05) is 5.32 Å². The normalized spacial score (nSPS) is 10.2. The molecule has 0 fully saturated rings. The van der Waals surface area contributed by atoms with E-state index in [0.29, 0.717) is 11.7 Å². The topological polar surface area (TPSA) is 24.1 Å². The van der Waals surface area contributed by atoms with Crippen LogP contribution in [-0.4, -0.2) is 5.11 Å². The van der Waals surface area contributed by atoms with Crippen LogP contribution in [0.2, 0.25) is 0 Å². The summed E-state index contributed by atoms with van der Waals surface area (Å²) in [4.78, 5) is 0. The van der Waals surface area contributed by atoms with E-state index in [1.165, 1.54) is 17.7 Å². The number of hydrogen-bond donors (Lipinski definition) is 2. The second-order valence-corrected chi connectivity index (χ2v) is 5.16. The predicted molar refractivity (Wildman–Crippen MR) is 85.4 cm³/mol. The van der Waals surface area contributed by atoms with Gasteiger partial charge in [-0.1, -0.05) is 29.8 Å². The zero-order valence-corrected chi connectivity index (χ0v) is 12.4. The number of nitrogens with one attached hydrogen (secondary N) is 2. The molecule has 104 valence electrons. The summed E-state index contributed by atoms with van der Waals surface area (Å²) in [6.45, 7) is 4.56. The second kappa shape index (κ2) is 6.48. The third-order valence-electron chi connectivity index (χ3n) is 3.01. The van der Waals surface area contributed by atoms with E-state index in [4.69, 9.17) is 12.2 Å². The third kappa shape index (κ3) is 4.03. The monoisotopic (exact) mass is 288 g/mol. The standard InChI is InChI=1S/C16H17FN2S/c1-11-3-5-13(6-4-11)10-18-16(20)19-15-8-7-14(17)9-12(15)2/h3-9H,10H2,1-2H3,(H2,18,19,20). The van der Waals surface area contributed by atoms with Crippen molar-refractivity contribution in [2.24, 2.45) is 0 Å². The summed E-state index contributed by atoms with van der Waals surface area (Å²) < 4.78 is 13.0. The molecule has 0 spiro atoms. The molecular formula is C16H17FN2S. The van der Waals surface area contributed by atoms with Crippen molar-refractivity contribution < 1.29 is 4.39 Å². The summed E-state index contributed by atoms with van der Waals surface area (Å²) >= 11 is 5.24. The van der Waals surface area contributed by atoms with Crippen LogP contribution < -0.4 is 10.6 Å². The molecular weight excluding hydrogens is 271 g/mol. The molecule has 0 aliphatic heterocycles. The Labute approximate surface area is 124 Å². The van der Waals surface area contributed by atoms with Crippen LogP contribution in [0.15, 0.2) is 42.5 Å². The van der Waals surface area contributed by atoms with E-state index in [-0.39, 0.29) is 5.82 Å². The number of halogens is 1. The lowest BCUT2D eigenvalue weighted by molar-refractivity contribution is 0.627. The summed E-state index contributed by atoms with van der Waals surface area (Å²) in [5, 5.41) is 6.74. The minimum absolute atomic E-state index is 0.244. The minimum atomic E-state index is -0.244. The Bertz CT molecular complexity index is 608. The van der Waals surface area contributed by atoms with E-state index >= 15 is 0 Å². The van der Waals surface area contributed by atoms with Gasteiger partial charge in [0.2, 0.25) is 0 Å². The third-order valence-corrected chi connectivity index (χ3v) is 3.26. The molecule has 2 nitrogen and oxygen atoms in total. The average molecular weight is 288 g/mol. The van der Waals surface area contributed by atoms with E-state index in [0.717, 1.165) is 16.8 Å².